The maximum atomic E-state index is 10.1. The average molecular weight is 162 g/mol. The first-order valence-electron chi connectivity index (χ1n) is 3.39. The van der Waals surface area contributed by atoms with Gasteiger partial charge in [-0.2, -0.15) is 0 Å². The molecule has 0 fully saturated rings. The molecule has 0 saturated heterocycles. The second kappa shape index (κ2) is 5.94. The van der Waals surface area contributed by atoms with Gasteiger partial charge in [0.2, 0.25) is 6.29 Å². The van der Waals surface area contributed by atoms with Crippen molar-refractivity contribution in [1.82, 2.24) is 5.32 Å². The number of likely N-dealkylation sites (N-methyl/N-ethyl adjacent to an activating group) is 1. The van der Waals surface area contributed by atoms with E-state index < -0.39 is 12.4 Å². The molecule has 0 saturated carbocycles. The summed E-state index contributed by atoms with van der Waals surface area (Å²) in [6.45, 7) is 2.82. The normalized spacial score (nSPS) is 12.5. The molecule has 0 aromatic rings. The van der Waals surface area contributed by atoms with Gasteiger partial charge in [0.1, 0.15) is 0 Å². The van der Waals surface area contributed by atoms with Gasteiger partial charge < -0.3 is 20.5 Å². The van der Waals surface area contributed by atoms with Crippen LogP contribution in [0.3, 0.4) is 0 Å². The number of primary amides is 1. The van der Waals surface area contributed by atoms with Gasteiger partial charge in [-0.15, -0.1) is 0 Å². The van der Waals surface area contributed by atoms with Gasteiger partial charge in [0.25, 0.3) is 0 Å². The Balaban J connectivity index is 3.22. The maximum Gasteiger partial charge on any atom is 0.406 e. The van der Waals surface area contributed by atoms with E-state index in [4.69, 9.17) is 10.5 Å². The predicted octanol–water partition coefficient (Wildman–Crippen LogP) is -0.336. The summed E-state index contributed by atoms with van der Waals surface area (Å²) in [5.41, 5.74) is 4.74. The topological polar surface area (TPSA) is 73.6 Å². The van der Waals surface area contributed by atoms with Gasteiger partial charge in [0, 0.05) is 6.54 Å². The van der Waals surface area contributed by atoms with Crippen LogP contribution in [0.2, 0.25) is 0 Å². The molecule has 0 aliphatic rings. The van der Waals surface area contributed by atoms with Crippen molar-refractivity contribution in [2.45, 2.75) is 13.2 Å². The van der Waals surface area contributed by atoms with Crippen molar-refractivity contribution < 1.29 is 14.3 Å². The van der Waals surface area contributed by atoms with Crippen molar-refractivity contribution in [2.24, 2.45) is 5.73 Å². The van der Waals surface area contributed by atoms with Crippen LogP contribution in [0.15, 0.2) is 0 Å². The van der Waals surface area contributed by atoms with Crippen molar-refractivity contribution in [3.8, 4) is 0 Å². The zero-order chi connectivity index (χ0) is 8.69. The fourth-order valence-electron chi connectivity index (χ4n) is 0.525. The lowest BCUT2D eigenvalue weighted by molar-refractivity contribution is -0.0869. The molecule has 5 heteroatoms. The summed E-state index contributed by atoms with van der Waals surface area (Å²) in [4.78, 5) is 10.1. The smallest absolute Gasteiger partial charge is 0.406 e. The van der Waals surface area contributed by atoms with Crippen LogP contribution in [0, 0.1) is 0 Å². The molecule has 0 heterocycles. The highest BCUT2D eigenvalue weighted by molar-refractivity contribution is 5.64. The van der Waals surface area contributed by atoms with E-state index in [1.165, 1.54) is 0 Å². The summed E-state index contributed by atoms with van der Waals surface area (Å²) in [6, 6.07) is 0. The molecule has 0 aliphatic heterocycles. The van der Waals surface area contributed by atoms with E-state index in [1.807, 2.05) is 7.05 Å². The molecular weight excluding hydrogens is 148 g/mol. The molecular formula is C6H14N2O3. The molecule has 0 spiro atoms. The molecule has 1 amide bonds. The Morgan fingerprint density at radius 2 is 2.36 bits per heavy atom. The van der Waals surface area contributed by atoms with Crippen molar-refractivity contribution in [3.63, 3.8) is 0 Å². The third kappa shape index (κ3) is 7.08. The number of carbonyl (C=O) groups excluding carboxylic acids is 1. The van der Waals surface area contributed by atoms with Crippen molar-refractivity contribution in [3.05, 3.63) is 0 Å². The summed E-state index contributed by atoms with van der Waals surface area (Å²) >= 11 is 0. The molecule has 11 heavy (non-hydrogen) atoms. The molecule has 0 aliphatic carbocycles. The molecule has 1 atom stereocenters. The molecule has 5 nitrogen and oxygen atoms in total. The Labute approximate surface area is 65.8 Å². The summed E-state index contributed by atoms with van der Waals surface area (Å²) < 4.78 is 9.49. The van der Waals surface area contributed by atoms with Gasteiger partial charge in [-0.05, 0) is 14.0 Å². The predicted molar refractivity (Wildman–Crippen MR) is 40.0 cm³/mol. The monoisotopic (exact) mass is 162 g/mol. The van der Waals surface area contributed by atoms with E-state index in [2.05, 4.69) is 10.1 Å². The quantitative estimate of drug-likeness (QED) is 0.428. The second-order valence-electron chi connectivity index (χ2n) is 1.98. The molecule has 66 valence electrons. The van der Waals surface area contributed by atoms with Crippen LogP contribution >= 0.6 is 0 Å². The minimum absolute atomic E-state index is 0.491. The molecule has 0 radical (unpaired) electrons. The summed E-state index contributed by atoms with van der Waals surface area (Å²) in [5, 5.41) is 2.88. The van der Waals surface area contributed by atoms with Crippen LogP contribution in [-0.2, 0) is 9.47 Å². The highest BCUT2D eigenvalue weighted by Crippen LogP contribution is 1.91. The summed E-state index contributed by atoms with van der Waals surface area (Å²) in [5.74, 6) is 0. The Morgan fingerprint density at radius 3 is 2.82 bits per heavy atom. The number of carbonyl (C=O) groups is 1. The van der Waals surface area contributed by atoms with E-state index >= 15 is 0 Å². The number of hydrogen-bond donors (Lipinski definition) is 2. The van der Waals surface area contributed by atoms with Crippen molar-refractivity contribution in [1.29, 1.82) is 0 Å². The Bertz CT molecular complexity index is 118. The molecule has 0 bridgehead atoms. The number of ether oxygens (including phenoxy) is 2. The summed E-state index contributed by atoms with van der Waals surface area (Å²) in [6.07, 6.45) is -1.39. The molecule has 0 aromatic carbocycles. The van der Waals surface area contributed by atoms with Crippen LogP contribution in [0.5, 0.6) is 0 Å². The lowest BCUT2D eigenvalue weighted by Crippen LogP contribution is -2.25. The molecule has 0 rings (SSSR count). The minimum atomic E-state index is -0.818. The first-order chi connectivity index (χ1) is 5.16. The third-order valence-corrected chi connectivity index (χ3v) is 0.987. The zero-order valence-electron chi connectivity index (χ0n) is 6.79. The minimum Gasteiger partial charge on any atom is -0.420 e. The largest absolute Gasteiger partial charge is 0.420 e. The fraction of sp³-hybridized carbons (Fsp3) is 0.833. The Hall–Kier alpha value is -0.810. The third-order valence-electron chi connectivity index (χ3n) is 0.987. The Kier molecular flexibility index (Phi) is 5.50. The van der Waals surface area contributed by atoms with E-state index in [0.29, 0.717) is 13.2 Å². The van der Waals surface area contributed by atoms with Crippen molar-refractivity contribution in [2.75, 3.05) is 20.2 Å². The first-order valence-corrected chi connectivity index (χ1v) is 3.39. The molecule has 1 unspecified atom stereocenters. The van der Waals surface area contributed by atoms with Crippen LogP contribution < -0.4 is 11.1 Å². The summed E-state index contributed by atoms with van der Waals surface area (Å²) in [7, 11) is 1.81. The van der Waals surface area contributed by atoms with E-state index in [9.17, 15) is 4.79 Å². The standard InChI is InChI=1S/C6H14N2O3/c1-5(11-6(7)9)10-4-3-8-2/h5,8H,3-4H2,1-2H3,(H2,7,9). The fourth-order valence-corrected chi connectivity index (χ4v) is 0.525. The second-order valence-corrected chi connectivity index (χ2v) is 1.98. The van der Waals surface area contributed by atoms with Crippen LogP contribution in [0.25, 0.3) is 0 Å². The van der Waals surface area contributed by atoms with Crippen LogP contribution in [-0.4, -0.2) is 32.6 Å². The van der Waals surface area contributed by atoms with Gasteiger partial charge >= 0.3 is 6.09 Å². The van der Waals surface area contributed by atoms with E-state index in [0.717, 1.165) is 0 Å². The number of nitrogens with one attached hydrogen (secondary N) is 1. The van der Waals surface area contributed by atoms with Crippen molar-refractivity contribution >= 4 is 6.09 Å². The number of amides is 1. The van der Waals surface area contributed by atoms with Gasteiger partial charge in [0.15, 0.2) is 0 Å². The number of hydrogen-bond acceptors (Lipinski definition) is 4. The first kappa shape index (κ1) is 10.2. The maximum absolute atomic E-state index is 10.1. The molecule has 3 N–H and O–H groups in total. The highest BCUT2D eigenvalue weighted by Gasteiger charge is 2.03. The highest BCUT2D eigenvalue weighted by atomic mass is 16.7. The average Bonchev–Trinajstić information content (AvgIpc) is 1.86. The lowest BCUT2D eigenvalue weighted by atomic mass is 10.6. The van der Waals surface area contributed by atoms with Gasteiger partial charge in [0.05, 0.1) is 6.61 Å². The molecule has 0 aromatic heterocycles. The lowest BCUT2D eigenvalue weighted by Gasteiger charge is -2.11. The zero-order valence-corrected chi connectivity index (χ0v) is 6.79. The van der Waals surface area contributed by atoms with Gasteiger partial charge in [-0.25, -0.2) is 4.79 Å². The van der Waals surface area contributed by atoms with Gasteiger partial charge in [-0.3, -0.25) is 0 Å². The SMILES string of the molecule is CNCCOC(C)OC(N)=O. The van der Waals surface area contributed by atoms with Crippen LogP contribution in [0.4, 0.5) is 4.79 Å². The van der Waals surface area contributed by atoms with E-state index in [1.54, 1.807) is 6.92 Å². The van der Waals surface area contributed by atoms with E-state index in [-0.39, 0.29) is 0 Å². The Morgan fingerprint density at radius 1 is 1.73 bits per heavy atom. The van der Waals surface area contributed by atoms with Gasteiger partial charge in [-0.1, -0.05) is 0 Å². The number of nitrogens with two attached hydrogens (primary N) is 1. The number of rotatable bonds is 5. The van der Waals surface area contributed by atoms with Crippen LogP contribution in [0.1, 0.15) is 6.92 Å².